The summed E-state index contributed by atoms with van der Waals surface area (Å²) in [6.07, 6.45) is 2.80. The fraction of sp³-hybridized carbons (Fsp3) is 0. The monoisotopic (exact) mass is 277 g/mol. The molecular formula is C8H5Cl2N3O2S. The Hall–Kier alpha value is -1.11. The van der Waals surface area contributed by atoms with Crippen LogP contribution in [0.5, 0.6) is 0 Å². The van der Waals surface area contributed by atoms with Gasteiger partial charge in [-0.2, -0.15) is 5.10 Å². The molecule has 0 atom stereocenters. The maximum absolute atomic E-state index is 11.1. The van der Waals surface area contributed by atoms with Crippen LogP contribution < -0.4 is 0 Å². The second kappa shape index (κ2) is 4.04. The van der Waals surface area contributed by atoms with Crippen LogP contribution in [0.25, 0.3) is 5.69 Å². The summed E-state index contributed by atoms with van der Waals surface area (Å²) in [5.41, 5.74) is 0.531. The van der Waals surface area contributed by atoms with Crippen LogP contribution in [0.3, 0.4) is 0 Å². The average molecular weight is 278 g/mol. The van der Waals surface area contributed by atoms with Crippen molar-refractivity contribution in [2.75, 3.05) is 0 Å². The van der Waals surface area contributed by atoms with E-state index in [1.165, 1.54) is 35.5 Å². The zero-order valence-electron chi connectivity index (χ0n) is 7.71. The lowest BCUT2D eigenvalue weighted by molar-refractivity contribution is 0.609. The standard InChI is InChI=1S/C8H5Cl2N3O2S/c9-7-3-6(16(10,14)15)1-2-8(7)13-5-11-4-12-13/h1-5H. The molecule has 2 aromatic rings. The van der Waals surface area contributed by atoms with Gasteiger partial charge in [0.15, 0.2) is 0 Å². The highest BCUT2D eigenvalue weighted by molar-refractivity contribution is 8.13. The van der Waals surface area contributed by atoms with Crippen molar-refractivity contribution in [1.29, 1.82) is 0 Å². The molecule has 2 rings (SSSR count). The maximum atomic E-state index is 11.1. The summed E-state index contributed by atoms with van der Waals surface area (Å²) in [5.74, 6) is 0. The summed E-state index contributed by atoms with van der Waals surface area (Å²) in [5, 5.41) is 4.11. The third-order valence-electron chi connectivity index (χ3n) is 1.87. The van der Waals surface area contributed by atoms with Gasteiger partial charge in [0.2, 0.25) is 0 Å². The fourth-order valence-corrected chi connectivity index (χ4v) is 2.27. The molecule has 0 aliphatic heterocycles. The molecule has 1 aromatic heterocycles. The molecule has 16 heavy (non-hydrogen) atoms. The van der Waals surface area contributed by atoms with E-state index in [0.29, 0.717) is 5.69 Å². The van der Waals surface area contributed by atoms with Crippen molar-refractivity contribution < 1.29 is 8.42 Å². The van der Waals surface area contributed by atoms with Gasteiger partial charge >= 0.3 is 0 Å². The van der Waals surface area contributed by atoms with Crippen molar-refractivity contribution in [3.8, 4) is 5.69 Å². The number of aromatic nitrogens is 3. The first-order valence-electron chi connectivity index (χ1n) is 4.08. The van der Waals surface area contributed by atoms with Crippen molar-refractivity contribution in [2.45, 2.75) is 4.90 Å². The molecule has 0 spiro atoms. The third-order valence-corrected chi connectivity index (χ3v) is 3.52. The molecule has 1 heterocycles. The molecule has 0 amide bonds. The molecule has 0 saturated carbocycles. The summed E-state index contributed by atoms with van der Waals surface area (Å²) in [6.45, 7) is 0. The van der Waals surface area contributed by atoms with Crippen LogP contribution >= 0.6 is 22.3 Å². The Kier molecular flexibility index (Phi) is 2.88. The van der Waals surface area contributed by atoms with Crippen LogP contribution in [0, 0.1) is 0 Å². The van der Waals surface area contributed by atoms with E-state index in [1.54, 1.807) is 0 Å². The highest BCUT2D eigenvalue weighted by Gasteiger charge is 2.13. The number of halogens is 2. The highest BCUT2D eigenvalue weighted by Crippen LogP contribution is 2.25. The summed E-state index contributed by atoms with van der Waals surface area (Å²) >= 11 is 5.92. The van der Waals surface area contributed by atoms with Crippen LogP contribution in [0.4, 0.5) is 0 Å². The van der Waals surface area contributed by atoms with Crippen molar-refractivity contribution in [2.24, 2.45) is 0 Å². The van der Waals surface area contributed by atoms with Crippen LogP contribution in [0.15, 0.2) is 35.7 Å². The lowest BCUT2D eigenvalue weighted by Gasteiger charge is -2.04. The van der Waals surface area contributed by atoms with Gasteiger partial charge in [-0.15, -0.1) is 0 Å². The minimum Gasteiger partial charge on any atom is -0.223 e. The topological polar surface area (TPSA) is 64.8 Å². The lowest BCUT2D eigenvalue weighted by atomic mass is 10.3. The average Bonchev–Trinajstić information content (AvgIpc) is 2.69. The van der Waals surface area contributed by atoms with Gasteiger partial charge in [0.1, 0.15) is 12.7 Å². The van der Waals surface area contributed by atoms with E-state index in [-0.39, 0.29) is 9.92 Å². The SMILES string of the molecule is O=S(=O)(Cl)c1ccc(-n2cncn2)c(Cl)c1. The minimum absolute atomic E-state index is 0.0527. The maximum Gasteiger partial charge on any atom is 0.261 e. The molecule has 8 heteroatoms. The molecule has 84 valence electrons. The van der Waals surface area contributed by atoms with Crippen molar-refractivity contribution in [1.82, 2.24) is 14.8 Å². The Morgan fingerprint density at radius 1 is 1.31 bits per heavy atom. The lowest BCUT2D eigenvalue weighted by Crippen LogP contribution is -1.97. The van der Waals surface area contributed by atoms with Gasteiger partial charge in [-0.3, -0.25) is 0 Å². The third kappa shape index (κ3) is 2.18. The molecule has 0 saturated heterocycles. The molecule has 0 N–H and O–H groups in total. The summed E-state index contributed by atoms with van der Waals surface area (Å²) in [6, 6.07) is 4.12. The van der Waals surface area contributed by atoms with Crippen molar-refractivity contribution in [3.63, 3.8) is 0 Å². The van der Waals surface area contributed by atoms with Crippen LogP contribution in [-0.4, -0.2) is 23.2 Å². The quantitative estimate of drug-likeness (QED) is 0.786. The molecule has 0 aliphatic carbocycles. The fourth-order valence-electron chi connectivity index (χ4n) is 1.16. The summed E-state index contributed by atoms with van der Waals surface area (Å²) < 4.78 is 23.5. The zero-order valence-corrected chi connectivity index (χ0v) is 10.0. The number of rotatable bonds is 2. The molecule has 0 aliphatic rings. The number of benzene rings is 1. The van der Waals surface area contributed by atoms with E-state index in [2.05, 4.69) is 10.1 Å². The van der Waals surface area contributed by atoms with Crippen LogP contribution in [0.1, 0.15) is 0 Å². The van der Waals surface area contributed by atoms with Crippen molar-refractivity contribution >= 4 is 31.3 Å². The first-order valence-corrected chi connectivity index (χ1v) is 6.76. The largest absolute Gasteiger partial charge is 0.261 e. The second-order valence-electron chi connectivity index (χ2n) is 2.89. The predicted molar refractivity (Wildman–Crippen MR) is 59.4 cm³/mol. The normalized spacial score (nSPS) is 11.6. The van der Waals surface area contributed by atoms with E-state index in [4.69, 9.17) is 22.3 Å². The van der Waals surface area contributed by atoms with E-state index in [9.17, 15) is 8.42 Å². The Labute approximate surface area is 101 Å². The molecule has 0 fully saturated rings. The van der Waals surface area contributed by atoms with Gasteiger partial charge in [0.25, 0.3) is 9.05 Å². The van der Waals surface area contributed by atoms with E-state index in [0.717, 1.165) is 0 Å². The Morgan fingerprint density at radius 2 is 2.06 bits per heavy atom. The van der Waals surface area contributed by atoms with E-state index in [1.807, 2.05) is 0 Å². The van der Waals surface area contributed by atoms with Gasteiger partial charge in [0, 0.05) is 10.7 Å². The first kappa shape index (κ1) is 11.4. The van der Waals surface area contributed by atoms with Gasteiger partial charge in [-0.1, -0.05) is 11.6 Å². The molecule has 0 radical (unpaired) electrons. The number of hydrogen-bond acceptors (Lipinski definition) is 4. The van der Waals surface area contributed by atoms with E-state index >= 15 is 0 Å². The number of nitrogens with zero attached hydrogens (tertiary/aromatic N) is 3. The molecule has 0 unspecified atom stereocenters. The number of hydrogen-bond donors (Lipinski definition) is 0. The summed E-state index contributed by atoms with van der Waals surface area (Å²) in [7, 11) is 1.42. The molecule has 0 bridgehead atoms. The molecule has 1 aromatic carbocycles. The predicted octanol–water partition coefficient (Wildman–Crippen LogP) is 1.85. The minimum atomic E-state index is -3.77. The van der Waals surface area contributed by atoms with Gasteiger partial charge < -0.3 is 0 Å². The Morgan fingerprint density at radius 3 is 2.56 bits per heavy atom. The van der Waals surface area contributed by atoms with Crippen LogP contribution in [-0.2, 0) is 9.05 Å². The van der Waals surface area contributed by atoms with Crippen LogP contribution in [0.2, 0.25) is 5.02 Å². The van der Waals surface area contributed by atoms with Crippen molar-refractivity contribution in [3.05, 3.63) is 35.9 Å². The molecule has 5 nitrogen and oxygen atoms in total. The second-order valence-corrected chi connectivity index (χ2v) is 5.86. The van der Waals surface area contributed by atoms with Gasteiger partial charge in [0.05, 0.1) is 15.6 Å². The van der Waals surface area contributed by atoms with E-state index < -0.39 is 9.05 Å². The Balaban J connectivity index is 2.54. The highest BCUT2D eigenvalue weighted by atomic mass is 35.7. The first-order chi connectivity index (χ1) is 7.48. The smallest absolute Gasteiger partial charge is 0.223 e. The summed E-state index contributed by atoms with van der Waals surface area (Å²) in [4.78, 5) is 3.71. The molecular weight excluding hydrogens is 273 g/mol. The zero-order chi connectivity index (χ0) is 11.8. The van der Waals surface area contributed by atoms with Gasteiger partial charge in [-0.05, 0) is 18.2 Å². The Bertz CT molecular complexity index is 610. The van der Waals surface area contributed by atoms with Gasteiger partial charge in [-0.25, -0.2) is 18.1 Å².